The Morgan fingerprint density at radius 1 is 1.00 bits per heavy atom. The van der Waals surface area contributed by atoms with Crippen LogP contribution in [0.25, 0.3) is 0 Å². The van der Waals surface area contributed by atoms with Gasteiger partial charge in [0.1, 0.15) is 0 Å². The molecule has 2 aliphatic rings. The molecule has 0 heterocycles. The van der Waals surface area contributed by atoms with E-state index in [0.29, 0.717) is 12.0 Å². The van der Waals surface area contributed by atoms with Crippen LogP contribution in [-0.2, 0) is 0 Å². The number of hydrogen-bond acceptors (Lipinski definition) is 1. The lowest BCUT2D eigenvalue weighted by Crippen LogP contribution is -2.38. The van der Waals surface area contributed by atoms with Crippen molar-refractivity contribution in [2.24, 2.45) is 16.6 Å². The molecule has 2 saturated carbocycles. The molecule has 0 bridgehead atoms. The average Bonchev–Trinajstić information content (AvgIpc) is 2.83. The molecule has 98 valence electrons. The van der Waals surface area contributed by atoms with E-state index >= 15 is 0 Å². The number of aliphatic imine (C=N–C) groups is 1. The van der Waals surface area contributed by atoms with Gasteiger partial charge in [-0.3, -0.25) is 4.99 Å². The maximum Gasteiger partial charge on any atom is 0.188 e. The monoisotopic (exact) mass is 237 g/mol. The van der Waals surface area contributed by atoms with E-state index in [1.807, 2.05) is 0 Å². The van der Waals surface area contributed by atoms with Gasteiger partial charge in [-0.05, 0) is 25.2 Å². The molecule has 2 fully saturated rings. The summed E-state index contributed by atoms with van der Waals surface area (Å²) in [5.41, 5.74) is 5.91. The third-order valence-corrected chi connectivity index (χ3v) is 4.25. The summed E-state index contributed by atoms with van der Waals surface area (Å²) in [5, 5.41) is 3.34. The molecule has 0 aromatic rings. The van der Waals surface area contributed by atoms with Gasteiger partial charge in [-0.25, -0.2) is 0 Å². The molecule has 0 aromatic carbocycles. The average molecular weight is 237 g/mol. The molecule has 0 aromatic heterocycles. The van der Waals surface area contributed by atoms with Gasteiger partial charge in [0, 0.05) is 12.6 Å². The number of guanidine groups is 1. The van der Waals surface area contributed by atoms with Gasteiger partial charge in [0.05, 0.1) is 0 Å². The van der Waals surface area contributed by atoms with E-state index in [1.165, 1.54) is 64.2 Å². The lowest BCUT2D eigenvalue weighted by atomic mass is 9.87. The topological polar surface area (TPSA) is 50.4 Å². The largest absolute Gasteiger partial charge is 0.370 e. The molecule has 2 rings (SSSR count). The lowest BCUT2D eigenvalue weighted by molar-refractivity contribution is 0.343. The van der Waals surface area contributed by atoms with Gasteiger partial charge in [-0.2, -0.15) is 0 Å². The molecule has 0 aliphatic heterocycles. The molecule has 2 aliphatic carbocycles. The van der Waals surface area contributed by atoms with E-state index in [0.717, 1.165) is 12.5 Å². The van der Waals surface area contributed by atoms with Gasteiger partial charge in [0.2, 0.25) is 0 Å². The standard InChI is InChI=1S/C14H27N3/c15-14(17-13-8-4-5-9-13)16-11-10-12-6-2-1-3-7-12/h12-13H,1-11H2,(H3,15,16,17). The smallest absolute Gasteiger partial charge is 0.188 e. The van der Waals surface area contributed by atoms with Crippen LogP contribution in [0.1, 0.15) is 64.2 Å². The Labute approximate surface area is 105 Å². The van der Waals surface area contributed by atoms with Gasteiger partial charge in [0.15, 0.2) is 5.96 Å². The number of rotatable bonds is 4. The molecule has 0 unspecified atom stereocenters. The second-order valence-electron chi connectivity index (χ2n) is 5.69. The maximum atomic E-state index is 5.91. The minimum Gasteiger partial charge on any atom is -0.370 e. The van der Waals surface area contributed by atoms with Gasteiger partial charge in [-0.1, -0.05) is 44.9 Å². The lowest BCUT2D eigenvalue weighted by Gasteiger charge is -2.20. The van der Waals surface area contributed by atoms with Gasteiger partial charge >= 0.3 is 0 Å². The fourth-order valence-corrected chi connectivity index (χ4v) is 3.17. The summed E-state index contributed by atoms with van der Waals surface area (Å²) in [6.07, 6.45) is 13.5. The van der Waals surface area contributed by atoms with E-state index < -0.39 is 0 Å². The summed E-state index contributed by atoms with van der Waals surface area (Å²) in [6.45, 7) is 0.913. The zero-order chi connectivity index (χ0) is 11.9. The minimum absolute atomic E-state index is 0.591. The molecular weight excluding hydrogens is 210 g/mol. The predicted molar refractivity (Wildman–Crippen MR) is 73.1 cm³/mol. The first-order valence-corrected chi connectivity index (χ1v) is 7.41. The van der Waals surface area contributed by atoms with Crippen LogP contribution in [0.15, 0.2) is 4.99 Å². The first kappa shape index (κ1) is 12.7. The van der Waals surface area contributed by atoms with Gasteiger partial charge < -0.3 is 11.1 Å². The quantitative estimate of drug-likeness (QED) is 0.583. The molecule has 3 nitrogen and oxygen atoms in total. The van der Waals surface area contributed by atoms with Crippen molar-refractivity contribution in [2.75, 3.05) is 6.54 Å². The van der Waals surface area contributed by atoms with Crippen LogP contribution >= 0.6 is 0 Å². The van der Waals surface area contributed by atoms with Crippen molar-refractivity contribution in [1.82, 2.24) is 5.32 Å². The predicted octanol–water partition coefficient (Wildman–Crippen LogP) is 2.80. The SMILES string of the molecule is NC(=NCCC1CCCCC1)NC1CCCC1. The second-order valence-corrected chi connectivity index (χ2v) is 5.69. The van der Waals surface area contributed by atoms with Crippen LogP contribution in [0.4, 0.5) is 0 Å². The summed E-state index contributed by atoms with van der Waals surface area (Å²) in [4.78, 5) is 4.47. The van der Waals surface area contributed by atoms with Crippen molar-refractivity contribution in [3.8, 4) is 0 Å². The zero-order valence-electron chi connectivity index (χ0n) is 11.0. The van der Waals surface area contributed by atoms with E-state index in [1.54, 1.807) is 0 Å². The Morgan fingerprint density at radius 2 is 1.65 bits per heavy atom. The maximum absolute atomic E-state index is 5.91. The zero-order valence-corrected chi connectivity index (χ0v) is 11.0. The van der Waals surface area contributed by atoms with Crippen molar-refractivity contribution in [2.45, 2.75) is 70.3 Å². The first-order valence-electron chi connectivity index (χ1n) is 7.41. The van der Waals surface area contributed by atoms with Crippen LogP contribution in [0, 0.1) is 5.92 Å². The van der Waals surface area contributed by atoms with Crippen LogP contribution in [0.3, 0.4) is 0 Å². The van der Waals surface area contributed by atoms with Crippen molar-refractivity contribution < 1.29 is 0 Å². The molecular formula is C14H27N3. The van der Waals surface area contributed by atoms with Crippen molar-refractivity contribution in [1.29, 1.82) is 0 Å². The summed E-state index contributed by atoms with van der Waals surface area (Å²) >= 11 is 0. The molecule has 3 N–H and O–H groups in total. The van der Waals surface area contributed by atoms with E-state index in [2.05, 4.69) is 10.3 Å². The van der Waals surface area contributed by atoms with Gasteiger partial charge in [0.25, 0.3) is 0 Å². The van der Waals surface area contributed by atoms with Crippen molar-refractivity contribution in [3.05, 3.63) is 0 Å². The van der Waals surface area contributed by atoms with Crippen LogP contribution in [0.5, 0.6) is 0 Å². The number of nitrogens with zero attached hydrogens (tertiary/aromatic N) is 1. The highest BCUT2D eigenvalue weighted by Gasteiger charge is 2.15. The highest BCUT2D eigenvalue weighted by molar-refractivity contribution is 5.78. The molecule has 3 heteroatoms. The normalized spacial score (nSPS) is 24.1. The molecule has 0 spiro atoms. The van der Waals surface area contributed by atoms with Gasteiger partial charge in [-0.15, -0.1) is 0 Å². The minimum atomic E-state index is 0.591. The highest BCUT2D eigenvalue weighted by Crippen LogP contribution is 2.26. The van der Waals surface area contributed by atoms with Crippen LogP contribution in [0.2, 0.25) is 0 Å². The van der Waals surface area contributed by atoms with E-state index in [-0.39, 0.29) is 0 Å². The van der Waals surface area contributed by atoms with Crippen molar-refractivity contribution >= 4 is 5.96 Å². The number of nitrogens with one attached hydrogen (secondary N) is 1. The number of nitrogens with two attached hydrogens (primary N) is 1. The second kappa shape index (κ2) is 6.87. The molecule has 0 amide bonds. The molecule has 0 saturated heterocycles. The Morgan fingerprint density at radius 3 is 2.35 bits per heavy atom. The Kier molecular flexibility index (Phi) is 5.14. The molecule has 0 radical (unpaired) electrons. The van der Waals surface area contributed by atoms with Crippen LogP contribution in [-0.4, -0.2) is 18.5 Å². The highest BCUT2D eigenvalue weighted by atomic mass is 15.1. The summed E-state index contributed by atoms with van der Waals surface area (Å²) in [6, 6.07) is 0.591. The van der Waals surface area contributed by atoms with Crippen molar-refractivity contribution in [3.63, 3.8) is 0 Å². The Bertz CT molecular complexity index is 238. The van der Waals surface area contributed by atoms with E-state index in [4.69, 9.17) is 5.73 Å². The molecule has 17 heavy (non-hydrogen) atoms. The Hall–Kier alpha value is -0.730. The fraction of sp³-hybridized carbons (Fsp3) is 0.929. The third-order valence-electron chi connectivity index (χ3n) is 4.25. The van der Waals surface area contributed by atoms with Crippen LogP contribution < -0.4 is 11.1 Å². The number of hydrogen-bond donors (Lipinski definition) is 2. The molecule has 0 atom stereocenters. The Balaban J connectivity index is 1.61. The summed E-state index contributed by atoms with van der Waals surface area (Å²) in [5.74, 6) is 1.58. The summed E-state index contributed by atoms with van der Waals surface area (Å²) < 4.78 is 0. The van der Waals surface area contributed by atoms with E-state index in [9.17, 15) is 0 Å². The fourth-order valence-electron chi connectivity index (χ4n) is 3.17. The first-order chi connectivity index (χ1) is 8.34. The third kappa shape index (κ3) is 4.57. The summed E-state index contributed by atoms with van der Waals surface area (Å²) in [7, 11) is 0.